The van der Waals surface area contributed by atoms with E-state index in [2.05, 4.69) is 10.2 Å². The van der Waals surface area contributed by atoms with Crippen LogP contribution in [-0.2, 0) is 11.2 Å². The monoisotopic (exact) mass is 367 g/mol. The summed E-state index contributed by atoms with van der Waals surface area (Å²) in [6, 6.07) is 6.56. The fourth-order valence-corrected chi connectivity index (χ4v) is 3.94. The average molecular weight is 368 g/mol. The molecule has 138 valence electrons. The summed E-state index contributed by atoms with van der Waals surface area (Å²) < 4.78 is 0. The molecule has 0 bridgehead atoms. The second-order valence-electron chi connectivity index (χ2n) is 6.81. The number of carbonyl (C=O) groups excluding carboxylic acids is 1. The summed E-state index contributed by atoms with van der Waals surface area (Å²) in [7, 11) is 0. The Bertz CT molecular complexity index is 599. The number of nitro benzene ring substituents is 1. The van der Waals surface area contributed by atoms with E-state index in [0.29, 0.717) is 0 Å². The van der Waals surface area contributed by atoms with Gasteiger partial charge in [-0.25, -0.2) is 0 Å². The molecule has 6 nitrogen and oxygen atoms in total. The van der Waals surface area contributed by atoms with Crippen molar-refractivity contribution in [3.63, 3.8) is 0 Å². The van der Waals surface area contributed by atoms with Gasteiger partial charge in [0.25, 0.3) is 5.69 Å². The lowest BCUT2D eigenvalue weighted by molar-refractivity contribution is -0.384. The number of hydrogen-bond acceptors (Lipinski definition) is 5. The predicted octanol–water partition coefficient (Wildman–Crippen LogP) is 2.73. The van der Waals surface area contributed by atoms with Gasteiger partial charge in [-0.1, -0.05) is 18.6 Å². The molecule has 1 aromatic rings. The molecule has 2 fully saturated rings. The first-order chi connectivity index (χ1) is 11.6. The van der Waals surface area contributed by atoms with Crippen molar-refractivity contribution in [3.8, 4) is 0 Å². The van der Waals surface area contributed by atoms with Gasteiger partial charge < -0.3 is 5.32 Å². The highest BCUT2D eigenvalue weighted by atomic mass is 35.5. The number of halogens is 1. The summed E-state index contributed by atoms with van der Waals surface area (Å²) in [6.45, 7) is 2.92. The summed E-state index contributed by atoms with van der Waals surface area (Å²) in [5.41, 5.74) is 0.781. The lowest BCUT2D eigenvalue weighted by Crippen LogP contribution is -2.55. The second kappa shape index (κ2) is 9.27. The molecular formula is C18H26ClN3O3. The van der Waals surface area contributed by atoms with Gasteiger partial charge in [0.2, 0.25) is 0 Å². The minimum absolute atomic E-state index is 0. The number of benzene rings is 1. The molecule has 1 aromatic carbocycles. The van der Waals surface area contributed by atoms with Crippen LogP contribution in [0.25, 0.3) is 0 Å². The van der Waals surface area contributed by atoms with Gasteiger partial charge in [0.1, 0.15) is 0 Å². The number of non-ortho nitro benzene ring substituents is 1. The normalized spacial score (nSPS) is 22.2. The van der Waals surface area contributed by atoms with Crippen LogP contribution in [0, 0.1) is 10.1 Å². The molecule has 2 saturated heterocycles. The Morgan fingerprint density at radius 1 is 1.28 bits per heavy atom. The van der Waals surface area contributed by atoms with E-state index in [-0.39, 0.29) is 42.4 Å². The number of Topliss-reactive ketones (excluding diaryl/α,β-unsaturated/α-hetero) is 1. The molecule has 2 unspecified atom stereocenters. The zero-order chi connectivity index (χ0) is 16.9. The molecule has 0 aliphatic carbocycles. The molecule has 2 aliphatic rings. The highest BCUT2D eigenvalue weighted by molar-refractivity contribution is 5.87. The Kier molecular flexibility index (Phi) is 7.35. The van der Waals surface area contributed by atoms with Crippen molar-refractivity contribution in [1.29, 1.82) is 0 Å². The first-order valence-corrected chi connectivity index (χ1v) is 8.88. The Hall–Kier alpha value is -1.50. The number of carbonyl (C=O) groups is 1. The van der Waals surface area contributed by atoms with Gasteiger partial charge in [0.05, 0.1) is 11.0 Å². The standard InChI is InChI=1S/C18H25N3O3.ClH/c22-17(13-14-6-5-7-15(12-14)21(23)24)18(20-10-3-4-11-20)16-8-1-2-9-19-16;/h5-7,12,16,18-19H,1-4,8-11,13H2;1H. The van der Waals surface area contributed by atoms with Gasteiger partial charge in [0, 0.05) is 24.6 Å². The van der Waals surface area contributed by atoms with Crippen molar-refractivity contribution in [2.75, 3.05) is 19.6 Å². The van der Waals surface area contributed by atoms with Crippen LogP contribution in [0.2, 0.25) is 0 Å². The van der Waals surface area contributed by atoms with Crippen molar-refractivity contribution in [2.45, 2.75) is 50.6 Å². The summed E-state index contributed by atoms with van der Waals surface area (Å²) in [6.07, 6.45) is 5.91. The quantitative estimate of drug-likeness (QED) is 0.618. The molecule has 0 saturated carbocycles. The number of nitrogens with zero attached hydrogens (tertiary/aromatic N) is 2. The Morgan fingerprint density at radius 3 is 2.68 bits per heavy atom. The summed E-state index contributed by atoms with van der Waals surface area (Å²) in [5.74, 6) is 0.178. The third-order valence-corrected chi connectivity index (χ3v) is 5.09. The van der Waals surface area contributed by atoms with Crippen LogP contribution in [0.5, 0.6) is 0 Å². The maximum absolute atomic E-state index is 13.0. The molecule has 1 N–H and O–H groups in total. The average Bonchev–Trinajstić information content (AvgIpc) is 3.10. The fourth-order valence-electron chi connectivity index (χ4n) is 3.94. The lowest BCUT2D eigenvalue weighted by Gasteiger charge is -2.36. The minimum Gasteiger partial charge on any atom is -0.312 e. The van der Waals surface area contributed by atoms with Crippen molar-refractivity contribution in [2.24, 2.45) is 0 Å². The Morgan fingerprint density at radius 2 is 2.04 bits per heavy atom. The smallest absolute Gasteiger partial charge is 0.269 e. The second-order valence-corrected chi connectivity index (χ2v) is 6.81. The van der Waals surface area contributed by atoms with E-state index in [1.165, 1.54) is 18.6 Å². The third kappa shape index (κ3) is 5.00. The van der Waals surface area contributed by atoms with Crippen molar-refractivity contribution >= 4 is 23.9 Å². The topological polar surface area (TPSA) is 75.5 Å². The van der Waals surface area contributed by atoms with Gasteiger partial charge in [-0.15, -0.1) is 12.4 Å². The summed E-state index contributed by atoms with van der Waals surface area (Å²) >= 11 is 0. The molecule has 0 radical (unpaired) electrons. The molecule has 0 spiro atoms. The van der Waals surface area contributed by atoms with E-state index in [0.717, 1.165) is 50.9 Å². The number of likely N-dealkylation sites (tertiary alicyclic amines) is 1. The first-order valence-electron chi connectivity index (χ1n) is 8.88. The maximum atomic E-state index is 13.0. The number of ketones is 1. The van der Waals surface area contributed by atoms with Crippen LogP contribution in [0.15, 0.2) is 24.3 Å². The van der Waals surface area contributed by atoms with Crippen LogP contribution in [-0.4, -0.2) is 47.3 Å². The van der Waals surface area contributed by atoms with Gasteiger partial charge in [-0.05, 0) is 50.9 Å². The van der Waals surface area contributed by atoms with Gasteiger partial charge in [0.15, 0.2) is 5.78 Å². The molecule has 0 aromatic heterocycles. The SMILES string of the molecule is Cl.O=C(Cc1cccc([N+](=O)[O-])c1)C(C1CCCCN1)N1CCCC1. The number of hydrogen-bond donors (Lipinski definition) is 1. The number of rotatable bonds is 6. The number of piperidine rings is 1. The van der Waals surface area contributed by atoms with E-state index in [9.17, 15) is 14.9 Å². The van der Waals surface area contributed by atoms with Gasteiger partial charge >= 0.3 is 0 Å². The van der Waals surface area contributed by atoms with Gasteiger partial charge in [-0.3, -0.25) is 19.8 Å². The molecular weight excluding hydrogens is 342 g/mol. The van der Waals surface area contributed by atoms with Crippen LogP contribution in [0.4, 0.5) is 5.69 Å². The van der Waals surface area contributed by atoms with E-state index in [1.54, 1.807) is 12.1 Å². The molecule has 3 rings (SSSR count). The van der Waals surface area contributed by atoms with E-state index >= 15 is 0 Å². The largest absolute Gasteiger partial charge is 0.312 e. The van der Waals surface area contributed by atoms with E-state index in [4.69, 9.17) is 0 Å². The molecule has 2 aliphatic heterocycles. The van der Waals surface area contributed by atoms with Crippen LogP contribution < -0.4 is 5.32 Å². The van der Waals surface area contributed by atoms with Crippen molar-refractivity contribution < 1.29 is 9.72 Å². The van der Waals surface area contributed by atoms with Gasteiger partial charge in [-0.2, -0.15) is 0 Å². The highest BCUT2D eigenvalue weighted by Gasteiger charge is 2.35. The minimum atomic E-state index is -0.408. The Balaban J connectivity index is 0.00000225. The van der Waals surface area contributed by atoms with E-state index in [1.807, 2.05) is 0 Å². The lowest BCUT2D eigenvalue weighted by atomic mass is 9.91. The van der Waals surface area contributed by atoms with Crippen LogP contribution in [0.3, 0.4) is 0 Å². The van der Waals surface area contributed by atoms with Crippen molar-refractivity contribution in [3.05, 3.63) is 39.9 Å². The zero-order valence-corrected chi connectivity index (χ0v) is 15.2. The summed E-state index contributed by atoms with van der Waals surface area (Å²) in [5, 5.41) is 14.5. The number of nitro groups is 1. The predicted molar refractivity (Wildman–Crippen MR) is 99.3 cm³/mol. The highest BCUT2D eigenvalue weighted by Crippen LogP contribution is 2.22. The molecule has 25 heavy (non-hydrogen) atoms. The fraction of sp³-hybridized carbons (Fsp3) is 0.611. The maximum Gasteiger partial charge on any atom is 0.269 e. The molecule has 7 heteroatoms. The molecule has 0 amide bonds. The third-order valence-electron chi connectivity index (χ3n) is 5.09. The summed E-state index contributed by atoms with van der Waals surface area (Å²) in [4.78, 5) is 25.9. The Labute approximate surface area is 154 Å². The van der Waals surface area contributed by atoms with Crippen molar-refractivity contribution in [1.82, 2.24) is 10.2 Å². The first kappa shape index (κ1) is 19.8. The van der Waals surface area contributed by atoms with Crippen LogP contribution >= 0.6 is 12.4 Å². The van der Waals surface area contributed by atoms with E-state index < -0.39 is 4.92 Å². The molecule has 2 heterocycles. The zero-order valence-electron chi connectivity index (χ0n) is 14.4. The number of nitrogens with one attached hydrogen (secondary N) is 1. The molecule has 2 atom stereocenters. The van der Waals surface area contributed by atoms with Crippen LogP contribution in [0.1, 0.15) is 37.7 Å².